The highest BCUT2D eigenvalue weighted by Gasteiger charge is 2.11. The van der Waals surface area contributed by atoms with Crippen molar-refractivity contribution in [2.24, 2.45) is 5.84 Å². The SMILES string of the molecule is NNc1nc(Oc2ccccc2I)c2sccc2n1. The number of hydrazine groups is 1. The molecule has 0 radical (unpaired) electrons. The van der Waals surface area contributed by atoms with Gasteiger partial charge in [-0.3, -0.25) is 5.43 Å². The molecule has 0 amide bonds. The van der Waals surface area contributed by atoms with Gasteiger partial charge in [-0.1, -0.05) is 12.1 Å². The van der Waals surface area contributed by atoms with Gasteiger partial charge in [-0.25, -0.2) is 10.8 Å². The van der Waals surface area contributed by atoms with E-state index in [9.17, 15) is 0 Å². The standard InChI is InChI=1S/C12H9IN4OS/c13-7-3-1-2-4-9(7)18-11-10-8(5-6-19-10)15-12(16-11)17-14/h1-6H,14H2,(H,15,16,17). The van der Waals surface area contributed by atoms with Crippen LogP contribution in [-0.2, 0) is 0 Å². The second kappa shape index (κ2) is 5.27. The Morgan fingerprint density at radius 3 is 2.84 bits per heavy atom. The van der Waals surface area contributed by atoms with Crippen LogP contribution in [0.5, 0.6) is 11.6 Å². The largest absolute Gasteiger partial charge is 0.436 e. The summed E-state index contributed by atoms with van der Waals surface area (Å²) < 4.78 is 7.80. The number of anilines is 1. The smallest absolute Gasteiger partial charge is 0.242 e. The number of nitrogens with one attached hydrogen (secondary N) is 1. The molecule has 3 aromatic rings. The maximum atomic E-state index is 5.88. The lowest BCUT2D eigenvalue weighted by molar-refractivity contribution is 0.466. The van der Waals surface area contributed by atoms with Gasteiger partial charge >= 0.3 is 0 Å². The van der Waals surface area contributed by atoms with E-state index in [0.29, 0.717) is 11.8 Å². The van der Waals surface area contributed by atoms with Crippen molar-refractivity contribution in [3.63, 3.8) is 0 Å². The quantitative estimate of drug-likeness (QED) is 0.412. The minimum Gasteiger partial charge on any atom is -0.436 e. The fourth-order valence-electron chi connectivity index (χ4n) is 1.60. The number of thiophene rings is 1. The number of hydrogen-bond acceptors (Lipinski definition) is 6. The molecule has 0 unspecified atom stereocenters. The fraction of sp³-hybridized carbons (Fsp3) is 0. The number of rotatable bonds is 3. The van der Waals surface area contributed by atoms with Crippen LogP contribution in [0, 0.1) is 3.57 Å². The first-order chi connectivity index (χ1) is 9.28. The zero-order valence-corrected chi connectivity index (χ0v) is 12.6. The monoisotopic (exact) mass is 384 g/mol. The molecule has 0 saturated heterocycles. The van der Waals surface area contributed by atoms with Crippen LogP contribution < -0.4 is 16.0 Å². The molecule has 0 spiro atoms. The number of nitrogens with two attached hydrogens (primary N) is 1. The Balaban J connectivity index is 2.09. The van der Waals surface area contributed by atoms with Gasteiger partial charge < -0.3 is 4.74 Å². The molecule has 2 aromatic heterocycles. The number of ether oxygens (including phenoxy) is 1. The Hall–Kier alpha value is -1.45. The Morgan fingerprint density at radius 1 is 1.21 bits per heavy atom. The molecule has 19 heavy (non-hydrogen) atoms. The average Bonchev–Trinajstić information content (AvgIpc) is 2.89. The number of benzene rings is 1. The number of hydrogen-bond donors (Lipinski definition) is 2. The van der Waals surface area contributed by atoms with Crippen molar-refractivity contribution in [1.82, 2.24) is 9.97 Å². The summed E-state index contributed by atoms with van der Waals surface area (Å²) in [6.07, 6.45) is 0. The van der Waals surface area contributed by atoms with E-state index in [2.05, 4.69) is 38.0 Å². The van der Waals surface area contributed by atoms with E-state index in [4.69, 9.17) is 10.6 Å². The van der Waals surface area contributed by atoms with E-state index in [-0.39, 0.29) is 0 Å². The maximum absolute atomic E-state index is 5.88. The molecule has 0 aliphatic carbocycles. The van der Waals surface area contributed by atoms with Gasteiger partial charge in [0.15, 0.2) is 0 Å². The summed E-state index contributed by atoms with van der Waals surface area (Å²) in [6, 6.07) is 9.67. The molecule has 0 bridgehead atoms. The van der Waals surface area contributed by atoms with Gasteiger partial charge in [0.1, 0.15) is 10.4 Å². The molecule has 3 rings (SSSR count). The summed E-state index contributed by atoms with van der Waals surface area (Å²) in [5, 5.41) is 1.95. The van der Waals surface area contributed by atoms with E-state index in [0.717, 1.165) is 19.5 Å². The van der Waals surface area contributed by atoms with Crippen molar-refractivity contribution in [1.29, 1.82) is 0 Å². The Labute approximate surface area is 126 Å². The van der Waals surface area contributed by atoms with E-state index in [1.165, 1.54) is 11.3 Å². The van der Waals surface area contributed by atoms with Gasteiger partial charge in [-0.15, -0.1) is 11.3 Å². The minimum absolute atomic E-state index is 0.340. The number of nitrogens with zero attached hydrogens (tertiary/aromatic N) is 2. The molecule has 0 fully saturated rings. The van der Waals surface area contributed by atoms with Crippen molar-refractivity contribution < 1.29 is 4.74 Å². The van der Waals surface area contributed by atoms with Crippen molar-refractivity contribution >= 4 is 50.1 Å². The highest BCUT2D eigenvalue weighted by atomic mass is 127. The minimum atomic E-state index is 0.340. The third-order valence-electron chi connectivity index (χ3n) is 2.44. The van der Waals surface area contributed by atoms with Gasteiger partial charge in [0.05, 0.1) is 9.09 Å². The molecule has 0 atom stereocenters. The van der Waals surface area contributed by atoms with Crippen LogP contribution in [0.25, 0.3) is 10.2 Å². The molecule has 0 saturated carbocycles. The van der Waals surface area contributed by atoms with Gasteiger partial charge in [-0.2, -0.15) is 4.98 Å². The summed E-state index contributed by atoms with van der Waals surface area (Å²) in [6.45, 7) is 0. The van der Waals surface area contributed by atoms with Crippen molar-refractivity contribution in [3.05, 3.63) is 39.3 Å². The summed E-state index contributed by atoms with van der Waals surface area (Å²) in [5.41, 5.74) is 3.26. The van der Waals surface area contributed by atoms with Crippen molar-refractivity contribution in [2.45, 2.75) is 0 Å². The predicted octanol–water partition coefficient (Wildman–Crippen LogP) is 3.37. The lowest BCUT2D eigenvalue weighted by Crippen LogP contribution is -2.10. The van der Waals surface area contributed by atoms with E-state index >= 15 is 0 Å². The van der Waals surface area contributed by atoms with Gasteiger partial charge in [0.2, 0.25) is 11.8 Å². The highest BCUT2D eigenvalue weighted by Crippen LogP contribution is 2.33. The van der Waals surface area contributed by atoms with Gasteiger partial charge in [0.25, 0.3) is 0 Å². The normalized spacial score (nSPS) is 10.6. The highest BCUT2D eigenvalue weighted by molar-refractivity contribution is 14.1. The molecule has 1 aromatic carbocycles. The number of fused-ring (bicyclic) bond motifs is 1. The Morgan fingerprint density at radius 2 is 2.05 bits per heavy atom. The molecule has 7 heteroatoms. The second-order valence-electron chi connectivity index (χ2n) is 3.66. The van der Waals surface area contributed by atoms with E-state index in [1.54, 1.807) is 0 Å². The van der Waals surface area contributed by atoms with E-state index in [1.807, 2.05) is 35.7 Å². The van der Waals surface area contributed by atoms with E-state index < -0.39 is 0 Å². The first kappa shape index (κ1) is 12.6. The summed E-state index contributed by atoms with van der Waals surface area (Å²) in [5.74, 6) is 6.99. The zero-order valence-electron chi connectivity index (χ0n) is 9.63. The van der Waals surface area contributed by atoms with Crippen LogP contribution in [-0.4, -0.2) is 9.97 Å². The predicted molar refractivity (Wildman–Crippen MR) is 84.5 cm³/mol. The molecule has 96 valence electrons. The topological polar surface area (TPSA) is 73.1 Å². The van der Waals surface area contributed by atoms with Crippen LogP contribution >= 0.6 is 33.9 Å². The van der Waals surface area contributed by atoms with Crippen LogP contribution in [0.1, 0.15) is 0 Å². The number of aromatic nitrogens is 2. The lowest BCUT2D eigenvalue weighted by Gasteiger charge is -2.08. The third-order valence-corrected chi connectivity index (χ3v) is 4.23. The van der Waals surface area contributed by atoms with Gasteiger partial charge in [0, 0.05) is 0 Å². The second-order valence-corrected chi connectivity index (χ2v) is 5.74. The molecular formula is C12H9IN4OS. The van der Waals surface area contributed by atoms with Crippen LogP contribution in [0.3, 0.4) is 0 Å². The summed E-state index contributed by atoms with van der Waals surface area (Å²) >= 11 is 3.76. The molecule has 0 aliphatic rings. The summed E-state index contributed by atoms with van der Waals surface area (Å²) in [7, 11) is 0. The lowest BCUT2D eigenvalue weighted by atomic mass is 10.3. The summed E-state index contributed by atoms with van der Waals surface area (Å²) in [4.78, 5) is 8.53. The zero-order chi connectivity index (χ0) is 13.2. The first-order valence-corrected chi connectivity index (χ1v) is 7.38. The number of halogens is 1. The van der Waals surface area contributed by atoms with Crippen LogP contribution in [0.2, 0.25) is 0 Å². The van der Waals surface area contributed by atoms with Crippen molar-refractivity contribution in [2.75, 3.05) is 5.43 Å². The number of para-hydroxylation sites is 1. The van der Waals surface area contributed by atoms with Crippen LogP contribution in [0.4, 0.5) is 5.95 Å². The molecule has 0 aliphatic heterocycles. The first-order valence-electron chi connectivity index (χ1n) is 5.42. The molecule has 3 N–H and O–H groups in total. The number of nitrogen functional groups attached to an aromatic ring is 1. The average molecular weight is 384 g/mol. The molecular weight excluding hydrogens is 375 g/mol. The fourth-order valence-corrected chi connectivity index (χ4v) is 2.86. The molecule has 5 nitrogen and oxygen atoms in total. The van der Waals surface area contributed by atoms with Crippen LogP contribution in [0.15, 0.2) is 35.7 Å². The third kappa shape index (κ3) is 2.48. The maximum Gasteiger partial charge on any atom is 0.242 e. The van der Waals surface area contributed by atoms with Crippen molar-refractivity contribution in [3.8, 4) is 11.6 Å². The Bertz CT molecular complexity index is 731. The molecule has 2 heterocycles. The Kier molecular flexibility index (Phi) is 3.49. The van der Waals surface area contributed by atoms with Gasteiger partial charge in [-0.05, 0) is 46.2 Å².